The fourth-order valence-corrected chi connectivity index (χ4v) is 1.35. The second kappa shape index (κ2) is 3.68. The topological polar surface area (TPSA) is 95.9 Å². The summed E-state index contributed by atoms with van der Waals surface area (Å²) >= 11 is 0. The minimum absolute atomic E-state index is 0.286. The Morgan fingerprint density at radius 2 is 1.92 bits per heavy atom. The molecule has 0 aliphatic carbocycles. The summed E-state index contributed by atoms with van der Waals surface area (Å²) in [6, 6.07) is -0.745. The maximum atomic E-state index is 9.36. The van der Waals surface area contributed by atoms with Gasteiger partial charge in [0.25, 0.3) is 0 Å². The Hall–Kier alpha value is -0.200. The van der Waals surface area contributed by atoms with Crippen LogP contribution in [0.1, 0.15) is 6.92 Å². The van der Waals surface area contributed by atoms with Gasteiger partial charge in [-0.15, -0.1) is 0 Å². The third kappa shape index (κ3) is 1.60. The molecule has 1 aliphatic rings. The minimum atomic E-state index is -0.999. The van der Waals surface area contributed by atoms with Gasteiger partial charge < -0.3 is 25.8 Å². The van der Waals surface area contributed by atoms with Gasteiger partial charge in [-0.1, -0.05) is 0 Å². The summed E-state index contributed by atoms with van der Waals surface area (Å²) in [7, 11) is 0. The number of nitrogens with two attached hydrogens (primary N) is 1. The van der Waals surface area contributed by atoms with Gasteiger partial charge in [-0.25, -0.2) is 0 Å². The second-order valence-corrected chi connectivity index (χ2v) is 3.12. The van der Waals surface area contributed by atoms with E-state index in [1.54, 1.807) is 6.92 Å². The van der Waals surface area contributed by atoms with E-state index in [0.717, 1.165) is 0 Å². The SMILES string of the molecule is CC1O[C@H](CO)C(O)C(N)[C@H]1O. The van der Waals surface area contributed by atoms with Gasteiger partial charge in [-0.05, 0) is 6.92 Å². The number of hydrogen-bond acceptors (Lipinski definition) is 5. The van der Waals surface area contributed by atoms with E-state index in [9.17, 15) is 10.2 Å². The molecule has 1 aliphatic heterocycles. The van der Waals surface area contributed by atoms with Crippen molar-refractivity contribution in [3.63, 3.8) is 0 Å². The van der Waals surface area contributed by atoms with Crippen molar-refractivity contribution < 1.29 is 20.1 Å². The van der Waals surface area contributed by atoms with Crippen molar-refractivity contribution in [2.75, 3.05) is 6.61 Å². The Kier molecular flexibility index (Phi) is 3.03. The van der Waals surface area contributed by atoms with Crippen molar-refractivity contribution in [1.29, 1.82) is 0 Å². The summed E-state index contributed by atoms with van der Waals surface area (Å²) < 4.78 is 5.10. The van der Waals surface area contributed by atoms with Gasteiger partial charge in [0.2, 0.25) is 0 Å². The lowest BCUT2D eigenvalue weighted by Gasteiger charge is -2.39. The maximum absolute atomic E-state index is 9.36. The molecule has 0 bridgehead atoms. The molecule has 5 N–H and O–H groups in total. The van der Waals surface area contributed by atoms with Crippen LogP contribution >= 0.6 is 0 Å². The molecule has 0 radical (unpaired) electrons. The summed E-state index contributed by atoms with van der Waals surface area (Å²) in [5.74, 6) is 0. The van der Waals surface area contributed by atoms with Gasteiger partial charge in [0.15, 0.2) is 0 Å². The van der Waals surface area contributed by atoms with Crippen LogP contribution in [0.2, 0.25) is 0 Å². The molecule has 1 rings (SSSR count). The fourth-order valence-electron chi connectivity index (χ4n) is 1.35. The highest BCUT2D eigenvalue weighted by atomic mass is 16.5. The molecule has 12 heavy (non-hydrogen) atoms. The number of ether oxygens (including phenoxy) is 1. The molecule has 5 atom stereocenters. The maximum Gasteiger partial charge on any atom is 0.108 e. The molecule has 72 valence electrons. The monoisotopic (exact) mass is 177 g/mol. The molecular formula is C7H15NO4. The number of aliphatic hydroxyl groups is 3. The van der Waals surface area contributed by atoms with E-state index < -0.39 is 30.5 Å². The first-order valence-electron chi connectivity index (χ1n) is 3.96. The van der Waals surface area contributed by atoms with Gasteiger partial charge in [-0.2, -0.15) is 0 Å². The van der Waals surface area contributed by atoms with E-state index in [-0.39, 0.29) is 6.61 Å². The predicted octanol–water partition coefficient (Wildman–Crippen LogP) is -2.18. The second-order valence-electron chi connectivity index (χ2n) is 3.12. The zero-order chi connectivity index (χ0) is 9.30. The van der Waals surface area contributed by atoms with E-state index in [4.69, 9.17) is 15.6 Å². The third-order valence-electron chi connectivity index (χ3n) is 2.22. The van der Waals surface area contributed by atoms with Gasteiger partial charge in [0, 0.05) is 0 Å². The minimum Gasteiger partial charge on any atom is -0.394 e. The third-order valence-corrected chi connectivity index (χ3v) is 2.22. The zero-order valence-corrected chi connectivity index (χ0v) is 6.92. The molecule has 5 heteroatoms. The Morgan fingerprint density at radius 3 is 2.42 bits per heavy atom. The van der Waals surface area contributed by atoms with E-state index in [1.807, 2.05) is 0 Å². The molecule has 0 aromatic heterocycles. The van der Waals surface area contributed by atoms with E-state index >= 15 is 0 Å². The van der Waals surface area contributed by atoms with Crippen molar-refractivity contribution in [2.24, 2.45) is 5.73 Å². The van der Waals surface area contributed by atoms with Crippen LogP contribution in [0.25, 0.3) is 0 Å². The van der Waals surface area contributed by atoms with Crippen LogP contribution in [0.15, 0.2) is 0 Å². The Labute approximate surface area is 70.8 Å². The first kappa shape index (κ1) is 9.88. The molecule has 0 saturated carbocycles. The quantitative estimate of drug-likeness (QED) is 0.365. The molecular weight excluding hydrogens is 162 g/mol. The van der Waals surface area contributed by atoms with Crippen molar-refractivity contribution in [3.8, 4) is 0 Å². The highest BCUT2D eigenvalue weighted by Crippen LogP contribution is 2.18. The predicted molar refractivity (Wildman–Crippen MR) is 41.4 cm³/mol. The highest BCUT2D eigenvalue weighted by molar-refractivity contribution is 4.92. The number of rotatable bonds is 1. The molecule has 0 amide bonds. The smallest absolute Gasteiger partial charge is 0.108 e. The first-order valence-corrected chi connectivity index (χ1v) is 3.96. The molecule has 1 heterocycles. The van der Waals surface area contributed by atoms with Gasteiger partial charge in [-0.3, -0.25) is 0 Å². The molecule has 0 aromatic carbocycles. The van der Waals surface area contributed by atoms with E-state index in [1.165, 1.54) is 0 Å². The van der Waals surface area contributed by atoms with Crippen molar-refractivity contribution >= 4 is 0 Å². The van der Waals surface area contributed by atoms with Crippen LogP contribution in [0, 0.1) is 0 Å². The fraction of sp³-hybridized carbons (Fsp3) is 1.00. The van der Waals surface area contributed by atoms with Crippen LogP contribution in [0.5, 0.6) is 0 Å². The summed E-state index contributed by atoms with van der Waals surface area (Å²) in [5, 5.41) is 27.5. The lowest BCUT2D eigenvalue weighted by Crippen LogP contribution is -2.61. The Balaban J connectivity index is 2.63. The van der Waals surface area contributed by atoms with Crippen LogP contribution < -0.4 is 5.73 Å². The Bertz CT molecular complexity index is 150. The molecule has 0 aromatic rings. The summed E-state index contributed by atoms with van der Waals surface area (Å²) in [5.41, 5.74) is 5.49. The summed E-state index contributed by atoms with van der Waals surface area (Å²) in [6.07, 6.45) is -3.00. The zero-order valence-electron chi connectivity index (χ0n) is 6.92. The molecule has 3 unspecified atom stereocenters. The Morgan fingerprint density at radius 1 is 1.33 bits per heavy atom. The lowest BCUT2D eigenvalue weighted by molar-refractivity contribution is -0.182. The van der Waals surface area contributed by atoms with Crippen LogP contribution in [0.3, 0.4) is 0 Å². The lowest BCUT2D eigenvalue weighted by atomic mass is 9.94. The van der Waals surface area contributed by atoms with Gasteiger partial charge >= 0.3 is 0 Å². The van der Waals surface area contributed by atoms with E-state index in [0.29, 0.717) is 0 Å². The molecule has 5 nitrogen and oxygen atoms in total. The number of hydrogen-bond donors (Lipinski definition) is 4. The average Bonchev–Trinajstić information content (AvgIpc) is 2.08. The molecule has 0 spiro atoms. The first-order chi connectivity index (χ1) is 5.57. The summed E-state index contributed by atoms with van der Waals surface area (Å²) in [4.78, 5) is 0. The van der Waals surface area contributed by atoms with Crippen LogP contribution in [-0.4, -0.2) is 52.4 Å². The normalized spacial score (nSPS) is 49.2. The van der Waals surface area contributed by atoms with E-state index in [2.05, 4.69) is 0 Å². The highest BCUT2D eigenvalue weighted by Gasteiger charge is 2.39. The summed E-state index contributed by atoms with van der Waals surface area (Å²) in [6.45, 7) is 1.37. The van der Waals surface area contributed by atoms with Crippen molar-refractivity contribution in [3.05, 3.63) is 0 Å². The average molecular weight is 177 g/mol. The van der Waals surface area contributed by atoms with Crippen molar-refractivity contribution in [1.82, 2.24) is 0 Å². The standard InChI is InChI=1S/C7H15NO4/c1-3-6(10)5(8)7(11)4(2-9)12-3/h3-7,9-11H,2,8H2,1H3/t3?,4-,5?,6+,7?/m1/s1. The molecule has 1 saturated heterocycles. The van der Waals surface area contributed by atoms with Crippen LogP contribution in [-0.2, 0) is 4.74 Å². The largest absolute Gasteiger partial charge is 0.394 e. The molecule has 1 fully saturated rings. The van der Waals surface area contributed by atoms with Crippen LogP contribution in [0.4, 0.5) is 0 Å². The van der Waals surface area contributed by atoms with Gasteiger partial charge in [0.1, 0.15) is 12.2 Å². The number of aliphatic hydroxyl groups excluding tert-OH is 3. The van der Waals surface area contributed by atoms with Crippen molar-refractivity contribution in [2.45, 2.75) is 37.4 Å². The van der Waals surface area contributed by atoms with Gasteiger partial charge in [0.05, 0.1) is 24.9 Å².